The molecular weight excluding hydrogens is 408 g/mol. The molecule has 0 aromatic heterocycles. The Labute approximate surface area is 146 Å². The van der Waals surface area contributed by atoms with Crippen LogP contribution in [-0.2, 0) is 9.59 Å². The summed E-state index contributed by atoms with van der Waals surface area (Å²) in [6, 6.07) is 15.2. The molecule has 0 bridgehead atoms. The molecule has 0 saturated carbocycles. The second kappa shape index (κ2) is 7.16. The van der Waals surface area contributed by atoms with Gasteiger partial charge in [0, 0.05) is 14.5 Å². The van der Waals surface area contributed by atoms with Gasteiger partial charge in [0.25, 0.3) is 0 Å². The summed E-state index contributed by atoms with van der Waals surface area (Å²) in [5.74, 6) is -0.457. The van der Waals surface area contributed by atoms with Crippen molar-refractivity contribution in [1.82, 2.24) is 0 Å². The van der Waals surface area contributed by atoms with Crippen molar-refractivity contribution in [3.8, 4) is 0 Å². The molecule has 4 heteroatoms. The van der Waals surface area contributed by atoms with E-state index in [1.54, 1.807) is 0 Å². The van der Waals surface area contributed by atoms with Crippen LogP contribution in [0.2, 0.25) is 0 Å². The molecule has 0 N–H and O–H groups in total. The van der Waals surface area contributed by atoms with Crippen molar-refractivity contribution >= 4 is 49.0 Å². The van der Waals surface area contributed by atoms with Crippen molar-refractivity contribution in [1.29, 1.82) is 0 Å². The number of benzene rings is 2. The monoisotopic (exact) mass is 420 g/mol. The first-order valence-corrected chi connectivity index (χ1v) is 8.26. The summed E-state index contributed by atoms with van der Waals surface area (Å²) in [7, 11) is 0. The smallest absolute Gasteiger partial charge is 0.164 e. The van der Waals surface area contributed by atoms with E-state index >= 15 is 0 Å². The average Bonchev–Trinajstić information content (AvgIpc) is 2.46. The summed E-state index contributed by atoms with van der Waals surface area (Å²) >= 11 is 6.80. The third-order valence-electron chi connectivity index (χ3n) is 3.22. The van der Waals surface area contributed by atoms with Crippen molar-refractivity contribution in [2.24, 2.45) is 0 Å². The zero-order chi connectivity index (χ0) is 16.3. The van der Waals surface area contributed by atoms with Crippen LogP contribution in [0.15, 0.2) is 63.0 Å². The standard InChI is InChI=1S/C18H14Br2O2/c1-11(21)17(12(2)22)18(13-3-7-15(19)8-4-13)14-5-9-16(20)10-6-14/h3-10H,1-2H3. The van der Waals surface area contributed by atoms with Gasteiger partial charge in [0.1, 0.15) is 0 Å². The molecule has 112 valence electrons. The molecule has 0 aliphatic rings. The molecule has 0 amide bonds. The number of carbonyl (C=O) groups is 2. The van der Waals surface area contributed by atoms with E-state index in [1.165, 1.54) is 13.8 Å². The van der Waals surface area contributed by atoms with Crippen LogP contribution in [0.1, 0.15) is 25.0 Å². The van der Waals surface area contributed by atoms with Gasteiger partial charge in [-0.25, -0.2) is 0 Å². The molecule has 22 heavy (non-hydrogen) atoms. The van der Waals surface area contributed by atoms with Crippen molar-refractivity contribution in [2.75, 3.05) is 0 Å². The van der Waals surface area contributed by atoms with Gasteiger partial charge in [0.2, 0.25) is 0 Å². The lowest BCUT2D eigenvalue weighted by molar-refractivity contribution is -0.119. The predicted molar refractivity (Wildman–Crippen MR) is 95.7 cm³/mol. The summed E-state index contributed by atoms with van der Waals surface area (Å²) in [4.78, 5) is 24.0. The predicted octanol–water partition coefficient (Wildman–Crippen LogP) is 5.19. The molecule has 0 aliphatic heterocycles. The maximum atomic E-state index is 12.0. The van der Waals surface area contributed by atoms with Crippen LogP contribution < -0.4 is 0 Å². The zero-order valence-electron chi connectivity index (χ0n) is 12.2. The van der Waals surface area contributed by atoms with Crippen LogP contribution in [0, 0.1) is 0 Å². The van der Waals surface area contributed by atoms with E-state index in [2.05, 4.69) is 31.9 Å². The molecule has 0 saturated heterocycles. The Morgan fingerprint density at radius 1 is 0.682 bits per heavy atom. The quantitative estimate of drug-likeness (QED) is 0.386. The van der Waals surface area contributed by atoms with Gasteiger partial charge < -0.3 is 0 Å². The highest BCUT2D eigenvalue weighted by Gasteiger charge is 2.19. The molecule has 0 unspecified atom stereocenters. The number of carbonyl (C=O) groups excluding carboxylic acids is 2. The van der Waals surface area contributed by atoms with Gasteiger partial charge >= 0.3 is 0 Å². The number of hydrogen-bond donors (Lipinski definition) is 0. The Bertz CT molecular complexity index is 678. The number of ketones is 2. The molecular formula is C18H14Br2O2. The van der Waals surface area contributed by atoms with Gasteiger partial charge in [0.15, 0.2) is 11.6 Å². The molecule has 0 aliphatic carbocycles. The van der Waals surface area contributed by atoms with E-state index in [1.807, 2.05) is 48.5 Å². The Kier molecular flexibility index (Phi) is 5.48. The first-order chi connectivity index (χ1) is 10.4. The van der Waals surface area contributed by atoms with Crippen LogP contribution in [0.4, 0.5) is 0 Å². The number of rotatable bonds is 4. The fourth-order valence-electron chi connectivity index (χ4n) is 2.29. The van der Waals surface area contributed by atoms with Gasteiger partial charge in [-0.3, -0.25) is 9.59 Å². The molecule has 2 aromatic carbocycles. The summed E-state index contributed by atoms with van der Waals surface area (Å²) in [5, 5.41) is 0. The van der Waals surface area contributed by atoms with Crippen molar-refractivity contribution in [3.63, 3.8) is 0 Å². The molecule has 0 heterocycles. The normalized spacial score (nSPS) is 10.2. The summed E-state index contributed by atoms with van der Waals surface area (Å²) < 4.78 is 1.89. The lowest BCUT2D eigenvalue weighted by Gasteiger charge is -2.13. The van der Waals surface area contributed by atoms with E-state index in [0.717, 1.165) is 20.1 Å². The molecule has 0 radical (unpaired) electrons. The first kappa shape index (κ1) is 16.8. The van der Waals surface area contributed by atoms with Crippen LogP contribution in [0.25, 0.3) is 5.57 Å². The van der Waals surface area contributed by atoms with E-state index < -0.39 is 0 Å². The molecule has 0 atom stereocenters. The highest BCUT2D eigenvalue weighted by molar-refractivity contribution is 9.10. The number of Topliss-reactive ketones (excluding diaryl/α,β-unsaturated/α-hetero) is 2. The van der Waals surface area contributed by atoms with Gasteiger partial charge in [-0.2, -0.15) is 0 Å². The Morgan fingerprint density at radius 2 is 1.00 bits per heavy atom. The Morgan fingerprint density at radius 3 is 1.27 bits per heavy atom. The number of halogens is 2. The minimum absolute atomic E-state index is 0.227. The van der Waals surface area contributed by atoms with Crippen LogP contribution in [0.3, 0.4) is 0 Å². The maximum absolute atomic E-state index is 12.0. The summed E-state index contributed by atoms with van der Waals surface area (Å²) in [6.07, 6.45) is 0. The highest BCUT2D eigenvalue weighted by Crippen LogP contribution is 2.30. The lowest BCUT2D eigenvalue weighted by Crippen LogP contribution is -2.10. The van der Waals surface area contributed by atoms with Gasteiger partial charge in [-0.1, -0.05) is 56.1 Å². The van der Waals surface area contributed by atoms with E-state index in [9.17, 15) is 9.59 Å². The Hall–Kier alpha value is -1.52. The van der Waals surface area contributed by atoms with Crippen molar-refractivity contribution < 1.29 is 9.59 Å². The fourth-order valence-corrected chi connectivity index (χ4v) is 2.82. The van der Waals surface area contributed by atoms with E-state index in [-0.39, 0.29) is 17.1 Å². The largest absolute Gasteiger partial charge is 0.294 e. The second-order valence-corrected chi connectivity index (χ2v) is 6.71. The minimum atomic E-state index is -0.228. The summed E-state index contributed by atoms with van der Waals surface area (Å²) in [6.45, 7) is 2.85. The minimum Gasteiger partial charge on any atom is -0.294 e. The second-order valence-electron chi connectivity index (χ2n) is 4.88. The Balaban J connectivity index is 2.76. The van der Waals surface area contributed by atoms with E-state index in [0.29, 0.717) is 5.57 Å². The first-order valence-electron chi connectivity index (χ1n) is 6.68. The van der Waals surface area contributed by atoms with Crippen LogP contribution in [0.5, 0.6) is 0 Å². The zero-order valence-corrected chi connectivity index (χ0v) is 15.4. The third-order valence-corrected chi connectivity index (χ3v) is 4.28. The van der Waals surface area contributed by atoms with Crippen molar-refractivity contribution in [3.05, 3.63) is 74.2 Å². The number of allylic oxidation sites excluding steroid dienone is 1. The average molecular weight is 422 g/mol. The fraction of sp³-hybridized carbons (Fsp3) is 0.111. The molecule has 2 nitrogen and oxygen atoms in total. The SMILES string of the molecule is CC(=O)C(C(C)=O)=C(c1ccc(Br)cc1)c1ccc(Br)cc1. The van der Waals surface area contributed by atoms with Crippen LogP contribution in [-0.4, -0.2) is 11.6 Å². The van der Waals surface area contributed by atoms with Gasteiger partial charge in [-0.15, -0.1) is 0 Å². The molecule has 0 fully saturated rings. The lowest BCUT2D eigenvalue weighted by atomic mass is 9.90. The van der Waals surface area contributed by atoms with Gasteiger partial charge in [0.05, 0.1) is 5.57 Å². The topological polar surface area (TPSA) is 34.1 Å². The van der Waals surface area contributed by atoms with Crippen molar-refractivity contribution in [2.45, 2.75) is 13.8 Å². The van der Waals surface area contributed by atoms with Gasteiger partial charge in [-0.05, 0) is 49.2 Å². The molecule has 2 rings (SSSR count). The number of hydrogen-bond acceptors (Lipinski definition) is 2. The third kappa shape index (κ3) is 3.81. The maximum Gasteiger partial charge on any atom is 0.164 e. The summed E-state index contributed by atoms with van der Waals surface area (Å²) in [5.41, 5.74) is 2.57. The highest BCUT2D eigenvalue weighted by atomic mass is 79.9. The molecule has 2 aromatic rings. The van der Waals surface area contributed by atoms with Crippen LogP contribution >= 0.6 is 31.9 Å². The van der Waals surface area contributed by atoms with E-state index in [4.69, 9.17) is 0 Å². The molecule has 0 spiro atoms.